The van der Waals surface area contributed by atoms with E-state index in [9.17, 15) is 22.0 Å². The van der Waals surface area contributed by atoms with Gasteiger partial charge in [0.1, 0.15) is 23.5 Å². The van der Waals surface area contributed by atoms with Crippen LogP contribution in [0.2, 0.25) is 0 Å². The number of ether oxygens (including phenoxy) is 1. The Kier molecular flexibility index (Phi) is 7.59. The van der Waals surface area contributed by atoms with Crippen LogP contribution in [0.5, 0.6) is 5.88 Å². The van der Waals surface area contributed by atoms with E-state index in [0.717, 1.165) is 6.26 Å². The van der Waals surface area contributed by atoms with Crippen LogP contribution in [-0.2, 0) is 20.2 Å². The molecule has 41 heavy (non-hydrogen) atoms. The number of nitrogens with one attached hydrogen (secondary N) is 2. The van der Waals surface area contributed by atoms with Gasteiger partial charge in [-0.1, -0.05) is 13.8 Å². The van der Waals surface area contributed by atoms with E-state index < -0.39 is 34.2 Å². The van der Waals surface area contributed by atoms with Crippen molar-refractivity contribution in [2.75, 3.05) is 55.7 Å². The molecule has 14 heteroatoms. The normalized spacial score (nSPS) is 16.6. The second-order valence-electron chi connectivity index (χ2n) is 10.8. The molecule has 1 amide bonds. The van der Waals surface area contributed by atoms with E-state index in [0.29, 0.717) is 28.7 Å². The first-order valence-electron chi connectivity index (χ1n) is 13.0. The number of likely N-dealkylation sites (tertiary alicyclic amines) is 1. The molecule has 0 unspecified atom stereocenters. The number of halogens is 3. The molecule has 10 nitrogen and oxygen atoms in total. The molecule has 2 aliphatic rings. The first-order valence-corrected chi connectivity index (χ1v) is 14.9. The molecule has 0 atom stereocenters. The summed E-state index contributed by atoms with van der Waals surface area (Å²) in [6.07, 6.45) is 1.32. The van der Waals surface area contributed by atoms with E-state index >= 15 is 4.39 Å². The lowest BCUT2D eigenvalue weighted by atomic mass is 9.73. The van der Waals surface area contributed by atoms with Crippen LogP contribution in [0.1, 0.15) is 19.4 Å². The van der Waals surface area contributed by atoms with Gasteiger partial charge in [-0.15, -0.1) is 0 Å². The topological polar surface area (TPSA) is 117 Å². The number of carbonyl (C=O) groups is 1. The van der Waals surface area contributed by atoms with E-state index in [-0.39, 0.29) is 54.3 Å². The van der Waals surface area contributed by atoms with Crippen LogP contribution < -0.4 is 19.7 Å². The largest absolute Gasteiger partial charge is 0.475 e. The fourth-order valence-electron chi connectivity index (χ4n) is 5.54. The summed E-state index contributed by atoms with van der Waals surface area (Å²) in [7, 11) is -2.12. The van der Waals surface area contributed by atoms with Crippen LogP contribution >= 0.6 is 0 Å². The number of fused-ring (bicyclic) bond motifs is 4. The molecule has 1 aromatic carbocycles. The highest BCUT2D eigenvalue weighted by Gasteiger charge is 2.58. The standard InChI is InChI=1S/C27H31F3N6O4S/c1-15(2)31-5-6-40-25-21(34-41(4,38)39)7-16(10-33-25)17-8-18-20(9-19(17)28)32-11-22-24(18)27(26(37)35(22)3)13-36(14-27)12-23(29)30/h7-11,15,23,31,34H,5-6,12-14H2,1-4H3. The number of amides is 1. The van der Waals surface area contributed by atoms with Gasteiger partial charge >= 0.3 is 0 Å². The number of rotatable bonds is 10. The summed E-state index contributed by atoms with van der Waals surface area (Å²) in [5.74, 6) is -0.826. The van der Waals surface area contributed by atoms with Crippen molar-refractivity contribution in [1.29, 1.82) is 0 Å². The van der Waals surface area contributed by atoms with Gasteiger partial charge in [0.2, 0.25) is 21.8 Å². The van der Waals surface area contributed by atoms with Gasteiger partial charge in [0, 0.05) is 67.1 Å². The second-order valence-corrected chi connectivity index (χ2v) is 12.5. The third-order valence-corrected chi connectivity index (χ3v) is 7.82. The SMILES string of the molecule is CC(C)NCCOc1ncc(-c2cc3c4c(cnc3cc2F)N(C)C(=O)C42CN(CC(F)F)C2)cc1NS(C)(=O)=O. The molecule has 220 valence electrons. The monoisotopic (exact) mass is 592 g/mol. The zero-order valence-electron chi connectivity index (χ0n) is 23.0. The zero-order chi connectivity index (χ0) is 29.7. The fourth-order valence-corrected chi connectivity index (χ4v) is 6.08. The number of sulfonamides is 1. The van der Waals surface area contributed by atoms with Gasteiger partial charge in [-0.25, -0.2) is 26.6 Å². The Bertz CT molecular complexity index is 1610. The first kappa shape index (κ1) is 29.0. The molecule has 1 saturated heterocycles. The van der Waals surface area contributed by atoms with Gasteiger partial charge in [-0.3, -0.25) is 19.4 Å². The third kappa shape index (κ3) is 5.55. The maximum absolute atomic E-state index is 15.5. The van der Waals surface area contributed by atoms with Crippen molar-refractivity contribution in [2.45, 2.75) is 31.7 Å². The minimum Gasteiger partial charge on any atom is -0.475 e. The Balaban J connectivity index is 1.57. The third-order valence-electron chi connectivity index (χ3n) is 7.22. The molecule has 0 radical (unpaired) electrons. The Morgan fingerprint density at radius 1 is 1.15 bits per heavy atom. The van der Waals surface area contributed by atoms with E-state index in [1.807, 2.05) is 13.8 Å². The smallest absolute Gasteiger partial charge is 0.251 e. The van der Waals surface area contributed by atoms with E-state index in [4.69, 9.17) is 4.74 Å². The molecule has 1 spiro atoms. The molecule has 2 aliphatic heterocycles. The lowest BCUT2D eigenvalue weighted by molar-refractivity contribution is -0.130. The lowest BCUT2D eigenvalue weighted by Gasteiger charge is -2.46. The molecule has 5 rings (SSSR count). The average molecular weight is 593 g/mol. The van der Waals surface area contributed by atoms with Crippen LogP contribution in [0.3, 0.4) is 0 Å². The maximum atomic E-state index is 15.5. The van der Waals surface area contributed by atoms with Crippen molar-refractivity contribution in [2.24, 2.45) is 0 Å². The molecule has 2 aromatic heterocycles. The van der Waals surface area contributed by atoms with Crippen molar-refractivity contribution >= 4 is 38.2 Å². The first-order chi connectivity index (χ1) is 19.3. The van der Waals surface area contributed by atoms with Crippen LogP contribution in [0.15, 0.2) is 30.6 Å². The molecular weight excluding hydrogens is 561 g/mol. The number of likely N-dealkylation sites (N-methyl/N-ethyl adjacent to an activating group) is 1. The van der Waals surface area contributed by atoms with Gasteiger partial charge < -0.3 is 15.0 Å². The summed E-state index contributed by atoms with van der Waals surface area (Å²) < 4.78 is 73.8. The van der Waals surface area contributed by atoms with Gasteiger partial charge in [0.25, 0.3) is 6.43 Å². The van der Waals surface area contributed by atoms with Crippen LogP contribution in [0.25, 0.3) is 22.0 Å². The van der Waals surface area contributed by atoms with E-state index in [1.165, 1.54) is 34.3 Å². The Hall–Kier alpha value is -3.49. The highest BCUT2D eigenvalue weighted by atomic mass is 32.2. The van der Waals surface area contributed by atoms with E-state index in [2.05, 4.69) is 20.0 Å². The summed E-state index contributed by atoms with van der Waals surface area (Å²) in [6.45, 7) is 4.46. The number of aromatic nitrogens is 2. The van der Waals surface area contributed by atoms with Crippen LogP contribution in [-0.4, -0.2) is 87.7 Å². The molecular formula is C27H31F3N6O4S. The fraction of sp³-hybridized carbons (Fsp3) is 0.444. The molecule has 0 aliphatic carbocycles. The highest BCUT2D eigenvalue weighted by Crippen LogP contribution is 2.50. The Labute approximate surface area is 235 Å². The molecule has 3 aromatic rings. The molecule has 0 bridgehead atoms. The van der Waals surface area contributed by atoms with Gasteiger partial charge in [-0.05, 0) is 12.1 Å². The summed E-state index contributed by atoms with van der Waals surface area (Å²) in [4.78, 5) is 24.9. The predicted octanol–water partition coefficient (Wildman–Crippen LogP) is 2.98. The van der Waals surface area contributed by atoms with Crippen molar-refractivity contribution in [3.8, 4) is 17.0 Å². The lowest BCUT2D eigenvalue weighted by Crippen LogP contribution is -2.64. The van der Waals surface area contributed by atoms with Gasteiger partial charge in [-0.2, -0.15) is 0 Å². The van der Waals surface area contributed by atoms with Crippen LogP contribution in [0.4, 0.5) is 24.5 Å². The molecule has 0 saturated carbocycles. The number of nitrogens with zero attached hydrogens (tertiary/aromatic N) is 4. The quantitative estimate of drug-likeness (QED) is 0.346. The number of hydrogen-bond acceptors (Lipinski definition) is 8. The van der Waals surface area contributed by atoms with Crippen molar-refractivity contribution in [3.63, 3.8) is 0 Å². The van der Waals surface area contributed by atoms with Crippen molar-refractivity contribution in [1.82, 2.24) is 20.2 Å². The molecule has 1 fully saturated rings. The minimum atomic E-state index is -3.72. The number of benzene rings is 1. The second kappa shape index (κ2) is 10.7. The average Bonchev–Trinajstić information content (AvgIpc) is 3.08. The number of pyridine rings is 2. The molecule has 4 heterocycles. The van der Waals surface area contributed by atoms with Crippen LogP contribution in [0, 0.1) is 5.82 Å². The van der Waals surface area contributed by atoms with E-state index in [1.54, 1.807) is 13.1 Å². The number of anilines is 2. The number of alkyl halides is 2. The Morgan fingerprint density at radius 2 is 1.88 bits per heavy atom. The van der Waals surface area contributed by atoms with Crippen molar-refractivity contribution in [3.05, 3.63) is 42.0 Å². The molecule has 2 N–H and O–H groups in total. The van der Waals surface area contributed by atoms with Gasteiger partial charge in [0.15, 0.2) is 0 Å². The minimum absolute atomic E-state index is 0.0354. The summed E-state index contributed by atoms with van der Waals surface area (Å²) in [5.41, 5.74) is 0.817. The number of hydrogen-bond donors (Lipinski definition) is 2. The van der Waals surface area contributed by atoms with Gasteiger partial charge in [0.05, 0.1) is 30.2 Å². The van der Waals surface area contributed by atoms with Crippen molar-refractivity contribution < 1.29 is 31.1 Å². The summed E-state index contributed by atoms with van der Waals surface area (Å²) >= 11 is 0. The highest BCUT2D eigenvalue weighted by molar-refractivity contribution is 7.92. The summed E-state index contributed by atoms with van der Waals surface area (Å²) in [6, 6.07) is 4.45. The maximum Gasteiger partial charge on any atom is 0.251 e. The summed E-state index contributed by atoms with van der Waals surface area (Å²) in [5, 5.41) is 3.69. The zero-order valence-corrected chi connectivity index (χ0v) is 23.9. The number of carbonyl (C=O) groups excluding carboxylic acids is 1. The predicted molar refractivity (Wildman–Crippen MR) is 150 cm³/mol. The Morgan fingerprint density at radius 3 is 2.54 bits per heavy atom.